The van der Waals surface area contributed by atoms with Gasteiger partial charge in [0.15, 0.2) is 5.11 Å². The molecule has 130 valence electrons. The van der Waals surface area contributed by atoms with Gasteiger partial charge in [-0.2, -0.15) is 12.7 Å². The topological polar surface area (TPSA) is 101 Å². The number of thiocarbonyl (C=S) groups is 1. The molecule has 3 rings (SSSR count). The molecule has 1 saturated heterocycles. The number of fused-ring (bicyclic) bond motifs is 1. The third kappa shape index (κ3) is 2.95. The van der Waals surface area contributed by atoms with Crippen LogP contribution in [0.2, 0.25) is 0 Å². The molecule has 1 aromatic heterocycles. The maximum Gasteiger partial charge on any atom is 0.307 e. The molecule has 0 aliphatic carbocycles. The largest absolute Gasteiger partial charge is 0.307 e. The molecule has 10 heteroatoms. The monoisotopic (exact) mass is 378 g/mol. The zero-order valence-corrected chi connectivity index (χ0v) is 14.9. The van der Waals surface area contributed by atoms with E-state index in [-0.39, 0.29) is 10.7 Å². The van der Waals surface area contributed by atoms with E-state index in [9.17, 15) is 18.0 Å². The van der Waals surface area contributed by atoms with Gasteiger partial charge >= 0.3 is 10.2 Å². The van der Waals surface area contributed by atoms with E-state index in [4.69, 9.17) is 12.2 Å². The molecule has 1 aliphatic heterocycles. The molecule has 0 radical (unpaired) electrons. The second-order valence-electron chi connectivity index (χ2n) is 5.48. The maximum absolute atomic E-state index is 12.5. The molecule has 2 amide bonds. The van der Waals surface area contributed by atoms with Gasteiger partial charge < -0.3 is 0 Å². The maximum atomic E-state index is 12.5. The number of nitrogens with one attached hydrogen (secondary N) is 2. The second kappa shape index (κ2) is 6.06. The number of aromatic nitrogens is 1. The molecule has 1 aliphatic rings. The Morgan fingerprint density at radius 2 is 1.72 bits per heavy atom. The van der Waals surface area contributed by atoms with Gasteiger partial charge in [-0.1, -0.05) is 18.2 Å². The summed E-state index contributed by atoms with van der Waals surface area (Å²) in [6.07, 6.45) is 2.72. The minimum Gasteiger partial charge on any atom is -0.299 e. The van der Waals surface area contributed by atoms with Crippen molar-refractivity contribution in [1.82, 2.24) is 18.9 Å². The summed E-state index contributed by atoms with van der Waals surface area (Å²) >= 11 is 4.76. The average Bonchev–Trinajstić information content (AvgIpc) is 2.90. The Morgan fingerprint density at radius 1 is 1.12 bits per heavy atom. The second-order valence-corrected chi connectivity index (χ2v) is 7.91. The molecule has 0 atom stereocenters. The zero-order valence-electron chi connectivity index (χ0n) is 13.3. The van der Waals surface area contributed by atoms with Crippen molar-refractivity contribution in [3.8, 4) is 0 Å². The van der Waals surface area contributed by atoms with Gasteiger partial charge in [-0.15, -0.1) is 0 Å². The number of benzene rings is 1. The van der Waals surface area contributed by atoms with Gasteiger partial charge in [0.05, 0.1) is 5.52 Å². The number of carbonyl (C=O) groups excluding carboxylic acids is 2. The van der Waals surface area contributed by atoms with Crippen molar-refractivity contribution >= 4 is 56.3 Å². The van der Waals surface area contributed by atoms with Crippen molar-refractivity contribution in [2.24, 2.45) is 0 Å². The van der Waals surface area contributed by atoms with Crippen LogP contribution < -0.4 is 10.6 Å². The minimum absolute atomic E-state index is 0.0650. The Bertz CT molecular complexity index is 1030. The summed E-state index contributed by atoms with van der Waals surface area (Å²) in [4.78, 5) is 24.0. The summed E-state index contributed by atoms with van der Waals surface area (Å²) in [5.41, 5.74) is 0.711. The van der Waals surface area contributed by atoms with Crippen LogP contribution in [0.25, 0.3) is 17.0 Å². The van der Waals surface area contributed by atoms with Crippen molar-refractivity contribution in [3.63, 3.8) is 0 Å². The van der Waals surface area contributed by atoms with E-state index in [0.29, 0.717) is 16.5 Å². The van der Waals surface area contributed by atoms with E-state index in [1.54, 1.807) is 24.3 Å². The molecular formula is C15H14N4O4S2. The fourth-order valence-corrected chi connectivity index (χ4v) is 3.61. The van der Waals surface area contributed by atoms with Crippen LogP contribution in [-0.4, -0.2) is 47.7 Å². The highest BCUT2D eigenvalue weighted by molar-refractivity contribution is 7.87. The summed E-state index contributed by atoms with van der Waals surface area (Å²) in [7, 11) is -0.917. The summed E-state index contributed by atoms with van der Waals surface area (Å²) in [6.45, 7) is 0. The summed E-state index contributed by atoms with van der Waals surface area (Å²) in [5.74, 6) is -1.28. The molecule has 0 unspecified atom stereocenters. The van der Waals surface area contributed by atoms with Gasteiger partial charge in [0.2, 0.25) is 0 Å². The SMILES string of the molecule is CN(C)S(=O)(=O)n1cc(C=C2C(=O)NC(=S)NC2=O)c2ccccc21. The molecule has 1 fully saturated rings. The fourth-order valence-electron chi connectivity index (χ4n) is 2.42. The lowest BCUT2D eigenvalue weighted by Gasteiger charge is -2.16. The van der Waals surface area contributed by atoms with Gasteiger partial charge in [0.1, 0.15) is 5.57 Å². The summed E-state index contributed by atoms with van der Waals surface area (Å²) in [5, 5.41) is 5.21. The number of hydrogen-bond acceptors (Lipinski definition) is 5. The van der Waals surface area contributed by atoms with Crippen LogP contribution in [-0.2, 0) is 19.8 Å². The van der Waals surface area contributed by atoms with Crippen LogP contribution in [0.5, 0.6) is 0 Å². The molecule has 25 heavy (non-hydrogen) atoms. The first-order chi connectivity index (χ1) is 11.7. The Kier molecular flexibility index (Phi) is 4.19. The number of hydrogen-bond donors (Lipinski definition) is 2. The predicted octanol–water partition coefficient (Wildman–Crippen LogP) is 0.210. The van der Waals surface area contributed by atoms with Gasteiger partial charge in [0.25, 0.3) is 11.8 Å². The highest BCUT2D eigenvalue weighted by Gasteiger charge is 2.27. The standard InChI is InChI=1S/C15H14N4O4S2/c1-18(2)25(22,23)19-8-9(10-5-3-4-6-12(10)19)7-11-13(20)16-15(24)17-14(11)21/h3-8H,1-2H3,(H2,16,17,20,21,24). The van der Waals surface area contributed by atoms with E-state index in [1.165, 1.54) is 26.4 Å². The lowest BCUT2D eigenvalue weighted by molar-refractivity contribution is -0.123. The van der Waals surface area contributed by atoms with E-state index < -0.39 is 22.0 Å². The van der Waals surface area contributed by atoms with Crippen LogP contribution >= 0.6 is 12.2 Å². The van der Waals surface area contributed by atoms with Crippen LogP contribution in [0.1, 0.15) is 5.56 Å². The molecule has 8 nitrogen and oxygen atoms in total. The number of nitrogens with zero attached hydrogens (tertiary/aromatic N) is 2. The number of rotatable bonds is 3. The van der Waals surface area contributed by atoms with Crippen LogP contribution in [0.3, 0.4) is 0 Å². The minimum atomic E-state index is -3.76. The first-order valence-electron chi connectivity index (χ1n) is 7.13. The number of amides is 2. The van der Waals surface area contributed by atoms with Crippen molar-refractivity contribution in [3.05, 3.63) is 41.6 Å². The molecule has 1 aromatic carbocycles. The smallest absolute Gasteiger partial charge is 0.299 e. The molecule has 2 aromatic rings. The van der Waals surface area contributed by atoms with E-state index in [2.05, 4.69) is 10.6 Å². The molecule has 0 spiro atoms. The molecule has 2 heterocycles. The zero-order chi connectivity index (χ0) is 18.4. The Hall–Kier alpha value is -2.56. The van der Waals surface area contributed by atoms with Gasteiger partial charge in [-0.05, 0) is 24.4 Å². The first kappa shape index (κ1) is 17.3. The van der Waals surface area contributed by atoms with Gasteiger partial charge in [-0.3, -0.25) is 20.2 Å². The first-order valence-corrected chi connectivity index (χ1v) is 8.94. The highest BCUT2D eigenvalue weighted by atomic mass is 32.2. The van der Waals surface area contributed by atoms with E-state index in [0.717, 1.165) is 8.28 Å². The number of carbonyl (C=O) groups is 2. The van der Waals surface area contributed by atoms with Crippen molar-refractivity contribution in [2.45, 2.75) is 0 Å². The normalized spacial score (nSPS) is 15.5. The molecule has 0 saturated carbocycles. The number of para-hydroxylation sites is 1. The molecule has 2 N–H and O–H groups in total. The van der Waals surface area contributed by atoms with Crippen LogP contribution in [0.15, 0.2) is 36.0 Å². The van der Waals surface area contributed by atoms with Crippen LogP contribution in [0, 0.1) is 0 Å². The quantitative estimate of drug-likeness (QED) is 0.452. The fraction of sp³-hybridized carbons (Fsp3) is 0.133. The highest BCUT2D eigenvalue weighted by Crippen LogP contribution is 2.26. The Labute approximate surface area is 149 Å². The van der Waals surface area contributed by atoms with Crippen molar-refractivity contribution in [1.29, 1.82) is 0 Å². The Morgan fingerprint density at radius 3 is 2.32 bits per heavy atom. The van der Waals surface area contributed by atoms with Crippen molar-refractivity contribution < 1.29 is 18.0 Å². The third-order valence-corrected chi connectivity index (χ3v) is 5.59. The van der Waals surface area contributed by atoms with Gasteiger partial charge in [-0.25, -0.2) is 3.97 Å². The predicted molar refractivity (Wildman–Crippen MR) is 96.8 cm³/mol. The molecular weight excluding hydrogens is 364 g/mol. The van der Waals surface area contributed by atoms with E-state index >= 15 is 0 Å². The average molecular weight is 378 g/mol. The third-order valence-electron chi connectivity index (χ3n) is 3.66. The molecule has 0 bridgehead atoms. The lowest BCUT2D eigenvalue weighted by Crippen LogP contribution is -2.51. The summed E-state index contributed by atoms with van der Waals surface area (Å²) in [6, 6.07) is 6.81. The van der Waals surface area contributed by atoms with Crippen LogP contribution in [0.4, 0.5) is 0 Å². The lowest BCUT2D eigenvalue weighted by atomic mass is 10.1. The van der Waals surface area contributed by atoms with E-state index in [1.807, 2.05) is 0 Å². The summed E-state index contributed by atoms with van der Waals surface area (Å²) < 4.78 is 27.2. The van der Waals surface area contributed by atoms with Gasteiger partial charge in [0, 0.05) is 31.2 Å². The van der Waals surface area contributed by atoms with Crippen molar-refractivity contribution in [2.75, 3.05) is 14.1 Å². The Balaban J connectivity index is 2.22.